The number of piperidine rings is 1. The van der Waals surface area contributed by atoms with E-state index in [2.05, 4.69) is 32.7 Å². The summed E-state index contributed by atoms with van der Waals surface area (Å²) in [5.41, 5.74) is 5.82. The summed E-state index contributed by atoms with van der Waals surface area (Å²) in [5, 5.41) is 3.13. The van der Waals surface area contributed by atoms with E-state index in [-0.39, 0.29) is 0 Å². The van der Waals surface area contributed by atoms with Gasteiger partial charge in [0, 0.05) is 24.5 Å². The van der Waals surface area contributed by atoms with Crippen molar-refractivity contribution < 1.29 is 0 Å². The van der Waals surface area contributed by atoms with Crippen LogP contribution in [0, 0.1) is 5.92 Å². The Labute approximate surface area is 103 Å². The molecule has 0 saturated carbocycles. The molecule has 5 heteroatoms. The second kappa shape index (κ2) is 4.80. The van der Waals surface area contributed by atoms with Crippen LogP contribution in [0.4, 0.5) is 5.13 Å². The highest BCUT2D eigenvalue weighted by atomic mass is 79.9. The van der Waals surface area contributed by atoms with Crippen molar-refractivity contribution in [3.05, 3.63) is 9.98 Å². The standard InChI is InChI=1S/C10H16BrN3S/c1-7-2-3-14(8(4-7)5-12)10-13-9(11)6-15-10/h6-8H,2-5,12H2,1H3. The van der Waals surface area contributed by atoms with Crippen molar-refractivity contribution in [3.63, 3.8) is 0 Å². The van der Waals surface area contributed by atoms with Crippen LogP contribution in [-0.2, 0) is 0 Å². The summed E-state index contributed by atoms with van der Waals surface area (Å²) in [6.45, 7) is 4.11. The van der Waals surface area contributed by atoms with Crippen molar-refractivity contribution in [1.82, 2.24) is 4.98 Å². The summed E-state index contributed by atoms with van der Waals surface area (Å²) >= 11 is 5.08. The zero-order valence-corrected chi connectivity index (χ0v) is 11.2. The van der Waals surface area contributed by atoms with E-state index < -0.39 is 0 Å². The summed E-state index contributed by atoms with van der Waals surface area (Å²) in [5.74, 6) is 0.790. The Morgan fingerprint density at radius 2 is 2.53 bits per heavy atom. The number of halogens is 1. The third kappa shape index (κ3) is 2.52. The molecule has 1 fully saturated rings. The smallest absolute Gasteiger partial charge is 0.186 e. The number of anilines is 1. The minimum Gasteiger partial charge on any atom is -0.344 e. The van der Waals surface area contributed by atoms with Gasteiger partial charge in [-0.2, -0.15) is 0 Å². The first-order valence-corrected chi connectivity index (χ1v) is 6.95. The molecule has 1 aromatic heterocycles. The first-order valence-electron chi connectivity index (χ1n) is 5.28. The lowest BCUT2D eigenvalue weighted by molar-refractivity contribution is 0.366. The predicted octanol–water partition coefficient (Wildman–Crippen LogP) is 2.47. The molecule has 0 radical (unpaired) electrons. The van der Waals surface area contributed by atoms with E-state index in [1.165, 1.54) is 12.8 Å². The molecule has 0 amide bonds. The Kier molecular flexibility index (Phi) is 3.64. The number of aromatic nitrogens is 1. The van der Waals surface area contributed by atoms with Crippen LogP contribution in [0.25, 0.3) is 0 Å². The van der Waals surface area contributed by atoms with Crippen LogP contribution in [0.1, 0.15) is 19.8 Å². The van der Waals surface area contributed by atoms with Gasteiger partial charge in [0.25, 0.3) is 0 Å². The highest BCUT2D eigenvalue weighted by Gasteiger charge is 2.26. The van der Waals surface area contributed by atoms with Crippen LogP contribution in [0.3, 0.4) is 0 Å². The Morgan fingerprint density at radius 1 is 1.73 bits per heavy atom. The largest absolute Gasteiger partial charge is 0.344 e. The maximum absolute atomic E-state index is 5.82. The molecule has 1 aliphatic heterocycles. The predicted molar refractivity (Wildman–Crippen MR) is 68.4 cm³/mol. The van der Waals surface area contributed by atoms with Gasteiger partial charge in [0.2, 0.25) is 0 Å². The lowest BCUT2D eigenvalue weighted by atomic mass is 9.93. The molecule has 2 heterocycles. The number of thiazole rings is 1. The topological polar surface area (TPSA) is 42.2 Å². The molecular weight excluding hydrogens is 274 g/mol. The molecule has 3 nitrogen and oxygen atoms in total. The van der Waals surface area contributed by atoms with Crippen molar-refractivity contribution in [1.29, 1.82) is 0 Å². The van der Waals surface area contributed by atoms with Gasteiger partial charge < -0.3 is 10.6 Å². The fraction of sp³-hybridized carbons (Fsp3) is 0.700. The van der Waals surface area contributed by atoms with Gasteiger partial charge in [0.05, 0.1) is 0 Å². The van der Waals surface area contributed by atoms with E-state index in [1.54, 1.807) is 11.3 Å². The molecule has 1 aliphatic rings. The Hall–Kier alpha value is -0.130. The number of nitrogens with two attached hydrogens (primary N) is 1. The fourth-order valence-corrected chi connectivity index (χ4v) is 3.45. The van der Waals surface area contributed by atoms with Gasteiger partial charge in [-0.15, -0.1) is 11.3 Å². The lowest BCUT2D eigenvalue weighted by Gasteiger charge is -2.37. The average Bonchev–Trinajstić information content (AvgIpc) is 2.64. The summed E-state index contributed by atoms with van der Waals surface area (Å²) in [7, 11) is 0. The van der Waals surface area contributed by atoms with Crippen molar-refractivity contribution in [3.8, 4) is 0 Å². The minimum absolute atomic E-state index is 0.465. The molecule has 2 rings (SSSR count). The molecule has 84 valence electrons. The summed E-state index contributed by atoms with van der Waals surface area (Å²) in [6, 6.07) is 0.465. The molecule has 0 spiro atoms. The molecule has 2 unspecified atom stereocenters. The molecule has 0 bridgehead atoms. The van der Waals surface area contributed by atoms with Crippen LogP contribution in [0.2, 0.25) is 0 Å². The summed E-state index contributed by atoms with van der Waals surface area (Å²) < 4.78 is 0.928. The maximum atomic E-state index is 5.82. The molecule has 15 heavy (non-hydrogen) atoms. The molecule has 1 aromatic rings. The van der Waals surface area contributed by atoms with Crippen LogP contribution < -0.4 is 10.6 Å². The van der Waals surface area contributed by atoms with Crippen LogP contribution in [-0.4, -0.2) is 24.1 Å². The SMILES string of the molecule is CC1CCN(c2nc(Br)cs2)C(CN)C1. The molecular formula is C10H16BrN3S. The third-order valence-electron chi connectivity index (χ3n) is 2.96. The normalized spacial score (nSPS) is 27.0. The van der Waals surface area contributed by atoms with Crippen LogP contribution in [0.15, 0.2) is 9.98 Å². The first kappa shape index (κ1) is 11.4. The third-order valence-corrected chi connectivity index (χ3v) is 4.55. The zero-order chi connectivity index (χ0) is 10.8. The number of hydrogen-bond donors (Lipinski definition) is 1. The van der Waals surface area contributed by atoms with Gasteiger partial charge in [-0.05, 0) is 34.7 Å². The summed E-state index contributed by atoms with van der Waals surface area (Å²) in [6.07, 6.45) is 2.43. The molecule has 0 aliphatic carbocycles. The molecule has 2 atom stereocenters. The van der Waals surface area contributed by atoms with E-state index in [0.717, 1.165) is 28.7 Å². The number of nitrogens with zero attached hydrogens (tertiary/aromatic N) is 2. The number of hydrogen-bond acceptors (Lipinski definition) is 4. The highest BCUT2D eigenvalue weighted by molar-refractivity contribution is 9.10. The number of rotatable bonds is 2. The van der Waals surface area contributed by atoms with Gasteiger partial charge in [-0.1, -0.05) is 6.92 Å². The summed E-state index contributed by atoms with van der Waals surface area (Å²) in [4.78, 5) is 6.82. The van der Waals surface area contributed by atoms with Crippen molar-refractivity contribution >= 4 is 32.4 Å². The van der Waals surface area contributed by atoms with E-state index in [1.807, 2.05) is 5.38 Å². The maximum Gasteiger partial charge on any atom is 0.186 e. The van der Waals surface area contributed by atoms with Crippen LogP contribution >= 0.6 is 27.3 Å². The second-order valence-electron chi connectivity index (χ2n) is 4.17. The van der Waals surface area contributed by atoms with Crippen molar-refractivity contribution in [2.24, 2.45) is 11.7 Å². The average molecular weight is 290 g/mol. The highest BCUT2D eigenvalue weighted by Crippen LogP contribution is 2.30. The molecule has 0 aromatic carbocycles. The van der Waals surface area contributed by atoms with Gasteiger partial charge >= 0.3 is 0 Å². The van der Waals surface area contributed by atoms with E-state index in [0.29, 0.717) is 6.04 Å². The van der Waals surface area contributed by atoms with E-state index in [9.17, 15) is 0 Å². The van der Waals surface area contributed by atoms with Gasteiger partial charge in [0.1, 0.15) is 4.60 Å². The van der Waals surface area contributed by atoms with Gasteiger partial charge in [0.15, 0.2) is 5.13 Å². The van der Waals surface area contributed by atoms with Gasteiger partial charge in [-0.3, -0.25) is 0 Å². The van der Waals surface area contributed by atoms with Crippen molar-refractivity contribution in [2.45, 2.75) is 25.8 Å². The molecule has 1 saturated heterocycles. The zero-order valence-electron chi connectivity index (χ0n) is 8.82. The first-order chi connectivity index (χ1) is 7.20. The Balaban J connectivity index is 2.13. The van der Waals surface area contributed by atoms with Crippen LogP contribution in [0.5, 0.6) is 0 Å². The fourth-order valence-electron chi connectivity index (χ4n) is 2.10. The monoisotopic (exact) mass is 289 g/mol. The Morgan fingerprint density at radius 3 is 3.13 bits per heavy atom. The van der Waals surface area contributed by atoms with E-state index >= 15 is 0 Å². The van der Waals surface area contributed by atoms with Gasteiger partial charge in [-0.25, -0.2) is 4.98 Å². The second-order valence-corrected chi connectivity index (χ2v) is 5.81. The minimum atomic E-state index is 0.465. The molecule has 2 N–H and O–H groups in total. The van der Waals surface area contributed by atoms with E-state index in [4.69, 9.17) is 5.73 Å². The quantitative estimate of drug-likeness (QED) is 0.910. The Bertz CT molecular complexity index is 328. The lowest BCUT2D eigenvalue weighted by Crippen LogP contribution is -2.46. The van der Waals surface area contributed by atoms with Crippen molar-refractivity contribution in [2.75, 3.05) is 18.0 Å².